The summed E-state index contributed by atoms with van der Waals surface area (Å²) in [6.45, 7) is -0.0417. The molecule has 0 aliphatic rings. The molecule has 0 saturated heterocycles. The van der Waals surface area contributed by atoms with Crippen molar-refractivity contribution in [3.8, 4) is 11.5 Å². The van der Waals surface area contributed by atoms with Crippen LogP contribution in [0.25, 0.3) is 0 Å². The molecule has 0 aromatic heterocycles. The second-order valence-corrected chi connectivity index (χ2v) is 6.67. The average molecular weight is 479 g/mol. The first kappa shape index (κ1) is 16.5. The predicted molar refractivity (Wildman–Crippen MR) is 92.4 cm³/mol. The van der Waals surface area contributed by atoms with Crippen molar-refractivity contribution in [3.05, 3.63) is 55.4 Å². The van der Waals surface area contributed by atoms with Gasteiger partial charge in [0.25, 0.3) is 0 Å². The van der Waals surface area contributed by atoms with Gasteiger partial charge < -0.3 is 9.47 Å². The van der Waals surface area contributed by atoms with Crippen LogP contribution in [0.2, 0.25) is 0 Å². The largest absolute Gasteiger partial charge is 0.496 e. The van der Waals surface area contributed by atoms with Crippen molar-refractivity contribution < 1.29 is 14.3 Å². The number of hydrogen-bond donors (Lipinski definition) is 0. The SMILES string of the molecule is COc1cc(Br)c(OCC(=O)c2ccccc2Br)cc1Br. The zero-order chi connectivity index (χ0) is 15.4. The number of methoxy groups -OCH3 is 1. The average Bonchev–Trinajstić information content (AvgIpc) is 2.47. The molecule has 0 unspecified atom stereocenters. The predicted octanol–water partition coefficient (Wildman–Crippen LogP) is 5.24. The first-order valence-corrected chi connectivity index (χ1v) is 8.34. The van der Waals surface area contributed by atoms with Gasteiger partial charge in [0.05, 0.1) is 16.1 Å². The third-order valence-corrected chi connectivity index (χ3v) is 4.67. The molecule has 0 aliphatic heterocycles. The van der Waals surface area contributed by atoms with E-state index >= 15 is 0 Å². The minimum absolute atomic E-state index is 0.0417. The minimum atomic E-state index is -0.0960. The molecule has 110 valence electrons. The molecule has 0 atom stereocenters. The maximum atomic E-state index is 12.2. The summed E-state index contributed by atoms with van der Waals surface area (Å²) >= 11 is 10.1. The molecular formula is C15H11Br3O3. The molecule has 3 nitrogen and oxygen atoms in total. The molecular weight excluding hydrogens is 468 g/mol. The molecule has 0 aliphatic carbocycles. The highest BCUT2D eigenvalue weighted by molar-refractivity contribution is 9.11. The summed E-state index contributed by atoms with van der Waals surface area (Å²) in [6.07, 6.45) is 0. The Bertz CT molecular complexity index is 671. The molecule has 2 aromatic carbocycles. The van der Waals surface area contributed by atoms with E-state index in [1.165, 1.54) is 0 Å². The lowest BCUT2D eigenvalue weighted by Crippen LogP contribution is -2.12. The van der Waals surface area contributed by atoms with Gasteiger partial charge in [-0.1, -0.05) is 34.1 Å². The topological polar surface area (TPSA) is 35.5 Å². The quantitative estimate of drug-likeness (QED) is 0.551. The zero-order valence-electron chi connectivity index (χ0n) is 11.0. The van der Waals surface area contributed by atoms with Crippen LogP contribution in [0.4, 0.5) is 0 Å². The molecule has 0 bridgehead atoms. The lowest BCUT2D eigenvalue weighted by molar-refractivity contribution is 0.0920. The summed E-state index contributed by atoms with van der Waals surface area (Å²) in [6, 6.07) is 10.8. The number of halogens is 3. The van der Waals surface area contributed by atoms with Crippen LogP contribution < -0.4 is 9.47 Å². The maximum absolute atomic E-state index is 12.2. The van der Waals surface area contributed by atoms with Crippen molar-refractivity contribution in [2.75, 3.05) is 13.7 Å². The highest BCUT2D eigenvalue weighted by Gasteiger charge is 2.13. The van der Waals surface area contributed by atoms with Gasteiger partial charge in [-0.2, -0.15) is 0 Å². The molecule has 0 saturated carbocycles. The van der Waals surface area contributed by atoms with Gasteiger partial charge in [0, 0.05) is 10.0 Å². The van der Waals surface area contributed by atoms with Crippen LogP contribution in [0.5, 0.6) is 11.5 Å². The Balaban J connectivity index is 2.12. The molecule has 0 radical (unpaired) electrons. The normalized spacial score (nSPS) is 10.3. The van der Waals surface area contributed by atoms with E-state index in [0.29, 0.717) is 17.1 Å². The van der Waals surface area contributed by atoms with Crippen LogP contribution >= 0.6 is 47.8 Å². The standard InChI is InChI=1S/C15H11Br3O3/c1-20-14-6-12(18)15(7-11(14)17)21-8-13(19)9-4-2-3-5-10(9)16/h2-7H,8H2,1H3. The van der Waals surface area contributed by atoms with E-state index in [0.717, 1.165) is 13.4 Å². The minimum Gasteiger partial charge on any atom is -0.496 e. The fourth-order valence-corrected chi connectivity index (χ4v) is 3.11. The van der Waals surface area contributed by atoms with Gasteiger partial charge in [0.15, 0.2) is 6.61 Å². The number of rotatable bonds is 5. The van der Waals surface area contributed by atoms with Crippen LogP contribution in [0.3, 0.4) is 0 Å². The number of carbonyl (C=O) groups is 1. The number of ketones is 1. The molecule has 2 aromatic rings. The zero-order valence-corrected chi connectivity index (χ0v) is 15.8. The van der Waals surface area contributed by atoms with E-state index in [4.69, 9.17) is 9.47 Å². The molecule has 2 rings (SSSR count). The first-order chi connectivity index (χ1) is 10.0. The summed E-state index contributed by atoms with van der Waals surface area (Å²) < 4.78 is 13.0. The Hall–Kier alpha value is -0.850. The summed E-state index contributed by atoms with van der Waals surface area (Å²) in [4.78, 5) is 12.2. The summed E-state index contributed by atoms with van der Waals surface area (Å²) in [5.74, 6) is 1.16. The highest BCUT2D eigenvalue weighted by atomic mass is 79.9. The Morgan fingerprint density at radius 1 is 1.00 bits per heavy atom. The van der Waals surface area contributed by atoms with Gasteiger partial charge in [-0.05, 0) is 50.1 Å². The number of Topliss-reactive ketones (excluding diaryl/α,β-unsaturated/α-hetero) is 1. The monoisotopic (exact) mass is 476 g/mol. The van der Waals surface area contributed by atoms with Gasteiger partial charge in [-0.15, -0.1) is 0 Å². The summed E-state index contributed by atoms with van der Waals surface area (Å²) in [7, 11) is 1.59. The van der Waals surface area contributed by atoms with Crippen molar-refractivity contribution in [2.24, 2.45) is 0 Å². The number of ether oxygens (including phenoxy) is 2. The van der Waals surface area contributed by atoms with Crippen molar-refractivity contribution in [1.82, 2.24) is 0 Å². The van der Waals surface area contributed by atoms with Gasteiger partial charge in [-0.25, -0.2) is 0 Å². The van der Waals surface area contributed by atoms with Crippen molar-refractivity contribution in [1.29, 1.82) is 0 Å². The third-order valence-electron chi connectivity index (χ3n) is 2.74. The molecule has 21 heavy (non-hydrogen) atoms. The second kappa shape index (κ2) is 7.42. The van der Waals surface area contributed by atoms with E-state index in [9.17, 15) is 4.79 Å². The van der Waals surface area contributed by atoms with Gasteiger partial charge >= 0.3 is 0 Å². The Morgan fingerprint density at radius 3 is 2.29 bits per heavy atom. The van der Waals surface area contributed by atoms with E-state index in [1.54, 1.807) is 25.3 Å². The molecule has 6 heteroatoms. The molecule has 0 spiro atoms. The third kappa shape index (κ3) is 4.08. The smallest absolute Gasteiger partial charge is 0.201 e. The van der Waals surface area contributed by atoms with Crippen molar-refractivity contribution in [2.45, 2.75) is 0 Å². The number of carbonyl (C=O) groups excluding carboxylic acids is 1. The molecule has 0 heterocycles. The Kier molecular flexibility index (Phi) is 5.84. The fraction of sp³-hybridized carbons (Fsp3) is 0.133. The molecule has 0 amide bonds. The number of benzene rings is 2. The van der Waals surface area contributed by atoms with Crippen molar-refractivity contribution in [3.63, 3.8) is 0 Å². The van der Waals surface area contributed by atoms with Crippen molar-refractivity contribution >= 4 is 53.6 Å². The molecule has 0 N–H and O–H groups in total. The Labute approximate surface area is 148 Å². The van der Waals surface area contributed by atoms with Crippen LogP contribution in [-0.4, -0.2) is 19.5 Å². The Morgan fingerprint density at radius 2 is 1.62 bits per heavy atom. The van der Waals surface area contributed by atoms with Gasteiger partial charge in [0.2, 0.25) is 5.78 Å². The van der Waals surface area contributed by atoms with Crippen LogP contribution in [0, 0.1) is 0 Å². The van der Waals surface area contributed by atoms with E-state index in [1.807, 2.05) is 18.2 Å². The van der Waals surface area contributed by atoms with E-state index in [-0.39, 0.29) is 12.4 Å². The number of hydrogen-bond acceptors (Lipinski definition) is 3. The van der Waals surface area contributed by atoms with Crippen LogP contribution in [0.15, 0.2) is 49.8 Å². The van der Waals surface area contributed by atoms with E-state index < -0.39 is 0 Å². The van der Waals surface area contributed by atoms with Crippen LogP contribution in [-0.2, 0) is 0 Å². The lowest BCUT2D eigenvalue weighted by atomic mass is 10.1. The second-order valence-electron chi connectivity index (χ2n) is 4.11. The van der Waals surface area contributed by atoms with Gasteiger partial charge in [0.1, 0.15) is 11.5 Å². The lowest BCUT2D eigenvalue weighted by Gasteiger charge is -2.11. The molecule has 0 fully saturated rings. The maximum Gasteiger partial charge on any atom is 0.201 e. The summed E-state index contributed by atoms with van der Waals surface area (Å²) in [5.41, 5.74) is 0.598. The summed E-state index contributed by atoms with van der Waals surface area (Å²) in [5, 5.41) is 0. The first-order valence-electron chi connectivity index (χ1n) is 5.96. The van der Waals surface area contributed by atoms with Crippen LogP contribution in [0.1, 0.15) is 10.4 Å². The van der Waals surface area contributed by atoms with Gasteiger partial charge in [-0.3, -0.25) is 4.79 Å². The fourth-order valence-electron chi connectivity index (χ4n) is 1.69. The highest BCUT2D eigenvalue weighted by Crippen LogP contribution is 2.36. The van der Waals surface area contributed by atoms with E-state index in [2.05, 4.69) is 47.8 Å².